The van der Waals surface area contributed by atoms with Crippen LogP contribution in [0.25, 0.3) is 17.2 Å². The Balaban J connectivity index is 1.74. The summed E-state index contributed by atoms with van der Waals surface area (Å²) in [7, 11) is 4.36. The molecule has 38 heavy (non-hydrogen) atoms. The van der Waals surface area contributed by atoms with E-state index in [4.69, 9.17) is 23.4 Å². The molecule has 8 nitrogen and oxygen atoms in total. The van der Waals surface area contributed by atoms with Crippen molar-refractivity contribution in [2.75, 3.05) is 27.9 Å². The first kappa shape index (κ1) is 26.5. The van der Waals surface area contributed by atoms with E-state index < -0.39 is 11.8 Å². The lowest BCUT2D eigenvalue weighted by Crippen LogP contribution is -2.22. The number of furan rings is 1. The van der Waals surface area contributed by atoms with Gasteiger partial charge in [-0.05, 0) is 72.2 Å². The molecule has 1 N–H and O–H groups in total. The average Bonchev–Trinajstić information content (AvgIpc) is 3.54. The maximum Gasteiger partial charge on any atom is 0.345 e. The van der Waals surface area contributed by atoms with Gasteiger partial charge in [-0.1, -0.05) is 0 Å². The summed E-state index contributed by atoms with van der Waals surface area (Å²) in [5, 5.41) is 2.75. The summed E-state index contributed by atoms with van der Waals surface area (Å²) in [6, 6.07) is 11.9. The van der Waals surface area contributed by atoms with Gasteiger partial charge in [-0.2, -0.15) is 0 Å². The van der Waals surface area contributed by atoms with Crippen molar-refractivity contribution in [2.24, 2.45) is 0 Å². The number of carbonyl (C=O) groups excluding carboxylic acids is 2. The quantitative estimate of drug-likeness (QED) is 0.356. The van der Waals surface area contributed by atoms with Crippen LogP contribution in [0.4, 0.5) is 4.39 Å². The van der Waals surface area contributed by atoms with Gasteiger partial charge in [-0.25, -0.2) is 9.18 Å². The fourth-order valence-corrected chi connectivity index (χ4v) is 4.26. The van der Waals surface area contributed by atoms with Crippen molar-refractivity contribution < 1.29 is 37.3 Å². The average molecular weight is 522 g/mol. The van der Waals surface area contributed by atoms with Gasteiger partial charge in [0.05, 0.1) is 47.2 Å². The number of allylic oxidation sites excluding steroid dienone is 2. The molecule has 4 rings (SSSR count). The zero-order valence-corrected chi connectivity index (χ0v) is 21.6. The number of carbonyl (C=O) groups is 2. The molecule has 0 bridgehead atoms. The Kier molecular flexibility index (Phi) is 8.15. The van der Waals surface area contributed by atoms with Gasteiger partial charge >= 0.3 is 5.97 Å². The van der Waals surface area contributed by atoms with E-state index in [-0.39, 0.29) is 53.7 Å². The Morgan fingerprint density at radius 1 is 1.00 bits per heavy atom. The molecule has 1 aliphatic rings. The minimum atomic E-state index is -0.590. The van der Waals surface area contributed by atoms with E-state index in [0.717, 1.165) is 0 Å². The number of amides is 1. The van der Waals surface area contributed by atoms with Crippen LogP contribution in [0, 0.1) is 0 Å². The SMILES string of the molecule is CCOC(=O)c1c(OC)cc(/C=C2\C(F)=C(CC(=O)NCc3ccco3)c3cc(OC)ccc32)cc1OC. The number of hydrogen-bond acceptors (Lipinski definition) is 7. The molecule has 1 aliphatic carbocycles. The second-order valence-corrected chi connectivity index (χ2v) is 8.32. The van der Waals surface area contributed by atoms with Crippen LogP contribution in [0.1, 0.15) is 46.2 Å². The lowest BCUT2D eigenvalue weighted by Gasteiger charge is -2.14. The molecule has 1 amide bonds. The van der Waals surface area contributed by atoms with Gasteiger partial charge in [-0.15, -0.1) is 0 Å². The van der Waals surface area contributed by atoms with Crippen LogP contribution in [0.3, 0.4) is 0 Å². The molecule has 0 radical (unpaired) electrons. The van der Waals surface area contributed by atoms with E-state index in [0.29, 0.717) is 28.2 Å². The highest BCUT2D eigenvalue weighted by Gasteiger charge is 2.29. The van der Waals surface area contributed by atoms with Gasteiger partial charge in [0, 0.05) is 11.1 Å². The normalized spacial score (nSPS) is 13.3. The predicted molar refractivity (Wildman–Crippen MR) is 140 cm³/mol. The fraction of sp³-hybridized carbons (Fsp3) is 0.241. The zero-order chi connectivity index (χ0) is 27.2. The second kappa shape index (κ2) is 11.7. The molecule has 0 saturated heterocycles. The molecule has 1 heterocycles. The molecule has 0 spiro atoms. The molecule has 9 heteroatoms. The van der Waals surface area contributed by atoms with Crippen molar-refractivity contribution in [3.63, 3.8) is 0 Å². The lowest BCUT2D eigenvalue weighted by atomic mass is 10.00. The third-order valence-electron chi connectivity index (χ3n) is 6.04. The molecule has 1 aromatic heterocycles. The van der Waals surface area contributed by atoms with Crippen LogP contribution in [0.2, 0.25) is 0 Å². The van der Waals surface area contributed by atoms with E-state index in [2.05, 4.69) is 5.32 Å². The van der Waals surface area contributed by atoms with Gasteiger partial charge in [0.2, 0.25) is 5.91 Å². The third kappa shape index (κ3) is 5.41. The number of hydrogen-bond donors (Lipinski definition) is 1. The molecule has 2 aromatic carbocycles. The number of benzene rings is 2. The number of nitrogens with one attached hydrogen (secondary N) is 1. The Labute approximate surface area is 219 Å². The first-order chi connectivity index (χ1) is 18.4. The van der Waals surface area contributed by atoms with E-state index in [1.54, 1.807) is 55.5 Å². The number of halogens is 1. The molecule has 0 fully saturated rings. The highest BCUT2D eigenvalue weighted by molar-refractivity contribution is 6.08. The standard InChI is InChI=1S/C29H28FNO7/c1-5-37-29(33)27-24(35-3)12-17(13-25(27)36-4)11-22-20-9-8-18(34-2)14-21(20)23(28(22)30)15-26(32)31-16-19-7-6-10-38-19/h6-14H,5,15-16H2,1-4H3,(H,31,32)/b22-11-. The summed E-state index contributed by atoms with van der Waals surface area (Å²) < 4.78 is 42.5. The van der Waals surface area contributed by atoms with Crippen molar-refractivity contribution in [1.82, 2.24) is 5.32 Å². The number of rotatable bonds is 10. The van der Waals surface area contributed by atoms with Crippen molar-refractivity contribution in [3.8, 4) is 17.2 Å². The molecule has 198 valence electrons. The van der Waals surface area contributed by atoms with Gasteiger partial charge in [0.1, 0.15) is 34.4 Å². The third-order valence-corrected chi connectivity index (χ3v) is 6.04. The fourth-order valence-electron chi connectivity index (χ4n) is 4.26. The van der Waals surface area contributed by atoms with Gasteiger partial charge in [-0.3, -0.25) is 4.79 Å². The number of ether oxygens (including phenoxy) is 4. The summed E-state index contributed by atoms with van der Waals surface area (Å²) in [6.07, 6.45) is 2.95. The molecule has 0 aliphatic heterocycles. The van der Waals surface area contributed by atoms with E-state index in [1.807, 2.05) is 0 Å². The zero-order valence-electron chi connectivity index (χ0n) is 21.6. The molecule has 0 saturated carbocycles. The molecular weight excluding hydrogens is 493 g/mol. The maximum atomic E-state index is 15.9. The van der Waals surface area contributed by atoms with Crippen molar-refractivity contribution in [2.45, 2.75) is 19.9 Å². The van der Waals surface area contributed by atoms with Crippen LogP contribution < -0.4 is 19.5 Å². The van der Waals surface area contributed by atoms with E-state index in [9.17, 15) is 9.59 Å². The van der Waals surface area contributed by atoms with Gasteiger partial charge in [0.25, 0.3) is 0 Å². The Bertz CT molecular complexity index is 1380. The summed E-state index contributed by atoms with van der Waals surface area (Å²) in [5.41, 5.74) is 2.35. The van der Waals surface area contributed by atoms with Crippen LogP contribution in [-0.2, 0) is 16.1 Å². The molecule has 0 atom stereocenters. The Hall–Kier alpha value is -4.53. The van der Waals surface area contributed by atoms with Crippen molar-refractivity contribution in [1.29, 1.82) is 0 Å². The predicted octanol–water partition coefficient (Wildman–Crippen LogP) is 5.42. The molecule has 0 unspecified atom stereocenters. The highest BCUT2D eigenvalue weighted by atomic mass is 19.1. The van der Waals surface area contributed by atoms with Gasteiger partial charge in [0.15, 0.2) is 0 Å². The first-order valence-corrected chi connectivity index (χ1v) is 11.9. The van der Waals surface area contributed by atoms with Crippen molar-refractivity contribution in [3.05, 3.63) is 82.6 Å². The molecule has 3 aromatic rings. The van der Waals surface area contributed by atoms with Crippen molar-refractivity contribution >= 4 is 29.1 Å². The summed E-state index contributed by atoms with van der Waals surface area (Å²) in [4.78, 5) is 25.2. The second-order valence-electron chi connectivity index (χ2n) is 8.32. The molecular formula is C29H28FNO7. The smallest absolute Gasteiger partial charge is 0.345 e. The van der Waals surface area contributed by atoms with Crippen LogP contribution in [0.5, 0.6) is 17.2 Å². The van der Waals surface area contributed by atoms with E-state index in [1.165, 1.54) is 27.6 Å². The van der Waals surface area contributed by atoms with E-state index >= 15 is 4.39 Å². The maximum absolute atomic E-state index is 15.9. The minimum absolute atomic E-state index is 0.139. The van der Waals surface area contributed by atoms with Crippen LogP contribution in [-0.4, -0.2) is 39.8 Å². The van der Waals surface area contributed by atoms with Crippen LogP contribution >= 0.6 is 0 Å². The number of fused-ring (bicyclic) bond motifs is 1. The lowest BCUT2D eigenvalue weighted by molar-refractivity contribution is -0.120. The van der Waals surface area contributed by atoms with Crippen LogP contribution in [0.15, 0.2) is 59.0 Å². The minimum Gasteiger partial charge on any atom is -0.497 e. The monoisotopic (exact) mass is 521 g/mol. The summed E-state index contributed by atoms with van der Waals surface area (Å²) in [6.45, 7) is 2.08. The largest absolute Gasteiger partial charge is 0.497 e. The topological polar surface area (TPSA) is 96.2 Å². The summed E-state index contributed by atoms with van der Waals surface area (Å²) >= 11 is 0. The first-order valence-electron chi connectivity index (χ1n) is 11.9. The Morgan fingerprint density at radius 3 is 2.34 bits per heavy atom. The highest BCUT2D eigenvalue weighted by Crippen LogP contribution is 2.46. The number of esters is 1. The summed E-state index contributed by atoms with van der Waals surface area (Å²) in [5.74, 6) is 0.101. The number of methoxy groups -OCH3 is 3. The van der Waals surface area contributed by atoms with Gasteiger partial charge < -0.3 is 28.7 Å². The Morgan fingerprint density at radius 2 is 1.74 bits per heavy atom.